The van der Waals surface area contributed by atoms with E-state index >= 15 is 0 Å². The van der Waals surface area contributed by atoms with Crippen LogP contribution in [0.25, 0.3) is 0 Å². The van der Waals surface area contributed by atoms with Crippen molar-refractivity contribution in [3.63, 3.8) is 0 Å². The lowest BCUT2D eigenvalue weighted by Gasteiger charge is -2.27. The van der Waals surface area contributed by atoms with Crippen molar-refractivity contribution in [2.24, 2.45) is 0 Å². The van der Waals surface area contributed by atoms with Gasteiger partial charge in [-0.3, -0.25) is 4.57 Å². The first-order valence-corrected chi connectivity index (χ1v) is 6.22. The Hall–Kier alpha value is -1.99. The predicted octanol–water partition coefficient (Wildman–Crippen LogP) is -1.91. The molecule has 22 heavy (non-hydrogen) atoms. The monoisotopic (exact) mass is 315 g/mol. The second-order valence-electron chi connectivity index (χ2n) is 4.72. The molecule has 0 amide bonds. The number of halogens is 1. The molecule has 2 heterocycles. The minimum Gasteiger partial charge on any atom is -0.394 e. The molecule has 4 atom stereocenters. The Kier molecular flexibility index (Phi) is 3.74. The normalized spacial score (nSPS) is 32.9. The van der Waals surface area contributed by atoms with Crippen molar-refractivity contribution < 1.29 is 27.2 Å². The summed E-state index contributed by atoms with van der Waals surface area (Å²) < 4.78 is 32.9. The molecule has 9 heteroatoms. The number of nitrogen functional groups attached to an aromatic ring is 1. The number of nitrogens with zero attached hydrogens (tertiary/aromatic N) is 2. The summed E-state index contributed by atoms with van der Waals surface area (Å²) in [5, 5.41) is 30.3. The van der Waals surface area contributed by atoms with Crippen molar-refractivity contribution in [1.82, 2.24) is 9.55 Å². The maximum absolute atomic E-state index is 12.4. The first-order valence-electron chi connectivity index (χ1n) is 7.22. The van der Waals surface area contributed by atoms with Gasteiger partial charge in [-0.2, -0.15) is 4.98 Å². The number of aryl methyl sites for hydroxylation is 1. The van der Waals surface area contributed by atoms with Gasteiger partial charge in [-0.05, 0) is 13.0 Å². The van der Waals surface area contributed by atoms with E-state index in [2.05, 4.69) is 4.98 Å². The van der Waals surface area contributed by atoms with Crippen LogP contribution in [0.2, 0.25) is 0 Å². The third-order valence-corrected chi connectivity index (χ3v) is 3.27. The fourth-order valence-electron chi connectivity index (χ4n) is 2.28. The molecule has 1 fully saturated rings. The van der Waals surface area contributed by atoms with E-state index < -0.39 is 43.0 Å². The second-order valence-corrected chi connectivity index (χ2v) is 4.72. The van der Waals surface area contributed by atoms with E-state index in [-0.39, 0.29) is 11.5 Å². The molecule has 5 N–H and O–H groups in total. The van der Waals surface area contributed by atoms with E-state index in [4.69, 9.17) is 13.2 Å². The lowest BCUT2D eigenvalue weighted by molar-refractivity contribution is -0.0774. The maximum Gasteiger partial charge on any atom is 0.351 e. The molecule has 8 nitrogen and oxygen atoms in total. The fraction of sp³-hybridized carbons (Fsp3) is 0.538. The number of alkyl halides is 1. The van der Waals surface area contributed by atoms with Crippen molar-refractivity contribution in [2.45, 2.75) is 31.0 Å². The predicted molar refractivity (Wildman–Crippen MR) is 73.3 cm³/mol. The molecular weight excluding hydrogens is 297 g/mol. The molecule has 1 aromatic rings. The maximum atomic E-state index is 12.4. The highest BCUT2D eigenvalue weighted by molar-refractivity contribution is 5.30. The topological polar surface area (TPSA) is 131 Å². The number of hydrogen-bond donors (Lipinski definition) is 4. The van der Waals surface area contributed by atoms with Crippen LogP contribution >= 0.6 is 0 Å². The second kappa shape index (κ2) is 6.02. The average molecular weight is 315 g/mol. The van der Waals surface area contributed by atoms with Gasteiger partial charge in [0.1, 0.15) is 24.7 Å². The summed E-state index contributed by atoms with van der Waals surface area (Å²) in [4.78, 5) is 15.6. The minimum atomic E-state index is -3.06. The van der Waals surface area contributed by atoms with Crippen LogP contribution in [0.15, 0.2) is 10.9 Å². The van der Waals surface area contributed by atoms with Crippen LogP contribution in [0.5, 0.6) is 0 Å². The smallest absolute Gasteiger partial charge is 0.351 e. The summed E-state index contributed by atoms with van der Waals surface area (Å²) >= 11 is 0. The van der Waals surface area contributed by atoms with Gasteiger partial charge < -0.3 is 25.8 Å². The molecule has 0 radical (unpaired) electrons. The van der Waals surface area contributed by atoms with E-state index in [0.717, 1.165) is 4.57 Å². The van der Waals surface area contributed by atoms with Crippen LogP contribution in [-0.2, 0) is 4.74 Å². The van der Waals surface area contributed by atoms with E-state index in [1.165, 1.54) is 13.0 Å². The van der Waals surface area contributed by atoms with Crippen LogP contribution < -0.4 is 11.4 Å². The van der Waals surface area contributed by atoms with E-state index in [9.17, 15) is 24.5 Å². The molecule has 1 aliphatic rings. The highest BCUT2D eigenvalue weighted by atomic mass is 19.1. The van der Waals surface area contributed by atoms with Crippen molar-refractivity contribution in [1.29, 1.82) is 0 Å². The van der Waals surface area contributed by atoms with Gasteiger partial charge in [0, 0.05) is 5.69 Å². The van der Waals surface area contributed by atoms with E-state index in [1.807, 2.05) is 11.8 Å². The van der Waals surface area contributed by atoms with Gasteiger partial charge in [-0.15, -0.1) is 0 Å². The first kappa shape index (κ1) is 13.7. The van der Waals surface area contributed by atoms with Gasteiger partial charge in [-0.1, -0.05) is 11.8 Å². The SMILES string of the molecule is [2H]C([2H])(O)[C@H]1O[C@@H](n2c(C)cc(N)nc2=O)C(O)(C#CCF)[C@H]1O. The van der Waals surface area contributed by atoms with Crippen molar-refractivity contribution in [2.75, 3.05) is 19.0 Å². The molecule has 1 aromatic heterocycles. The standard InChI is InChI=1S/C13H16FN3O5/c1-7-5-9(15)16-12(20)17(7)11-13(21,3-2-4-14)10(19)8(6-18)22-11/h5,8,10-11,18-19,21H,4,6H2,1H3,(H2,15,16,20)/t8-,10+,11-,13?/m1/s1/i6D2. The highest BCUT2D eigenvalue weighted by Crippen LogP contribution is 2.38. The summed E-state index contributed by atoms with van der Waals surface area (Å²) in [5.74, 6) is 3.85. The third-order valence-electron chi connectivity index (χ3n) is 3.27. The van der Waals surface area contributed by atoms with Gasteiger partial charge in [-0.25, -0.2) is 9.18 Å². The van der Waals surface area contributed by atoms with Crippen LogP contribution in [0, 0.1) is 18.8 Å². The summed E-state index contributed by atoms with van der Waals surface area (Å²) in [6.07, 6.45) is -5.74. The molecule has 120 valence electrons. The number of anilines is 1. The Morgan fingerprint density at radius 3 is 2.95 bits per heavy atom. The summed E-state index contributed by atoms with van der Waals surface area (Å²) in [7, 11) is 0. The third kappa shape index (κ3) is 2.57. The van der Waals surface area contributed by atoms with E-state index in [0.29, 0.717) is 0 Å². The summed E-state index contributed by atoms with van der Waals surface area (Å²) in [6, 6.07) is 1.28. The Balaban J connectivity index is 2.64. The zero-order valence-corrected chi connectivity index (χ0v) is 11.5. The molecule has 0 spiro atoms. The van der Waals surface area contributed by atoms with Crippen LogP contribution in [0.1, 0.15) is 14.7 Å². The molecular formula is C13H16FN3O5. The molecule has 1 aliphatic heterocycles. The molecule has 2 rings (SSSR count). The largest absolute Gasteiger partial charge is 0.394 e. The molecule has 1 saturated heterocycles. The Morgan fingerprint density at radius 1 is 1.73 bits per heavy atom. The summed E-state index contributed by atoms with van der Waals surface area (Å²) in [5.41, 5.74) is 2.10. The highest BCUT2D eigenvalue weighted by Gasteiger charge is 2.56. The lowest BCUT2D eigenvalue weighted by atomic mass is 9.94. The van der Waals surface area contributed by atoms with Crippen molar-refractivity contribution in [3.05, 3.63) is 22.2 Å². The number of rotatable bonds is 2. The molecule has 0 aromatic carbocycles. The van der Waals surface area contributed by atoms with Crippen LogP contribution in [0.4, 0.5) is 10.2 Å². The van der Waals surface area contributed by atoms with Gasteiger partial charge in [0.15, 0.2) is 11.8 Å². The zero-order chi connectivity index (χ0) is 18.3. The lowest BCUT2D eigenvalue weighted by Crippen LogP contribution is -2.48. The van der Waals surface area contributed by atoms with Gasteiger partial charge in [0.25, 0.3) is 0 Å². The van der Waals surface area contributed by atoms with Crippen molar-refractivity contribution in [3.8, 4) is 11.8 Å². The Labute approximate surface area is 127 Å². The first-order chi connectivity index (χ1) is 11.0. The number of hydrogen-bond acceptors (Lipinski definition) is 7. The molecule has 0 bridgehead atoms. The summed E-state index contributed by atoms with van der Waals surface area (Å²) in [6.45, 7) is -2.79. The molecule has 1 unspecified atom stereocenters. The van der Waals surface area contributed by atoms with Crippen LogP contribution in [0.3, 0.4) is 0 Å². The zero-order valence-electron chi connectivity index (χ0n) is 13.5. The quantitative estimate of drug-likeness (QED) is 0.468. The number of ether oxygens (including phenoxy) is 1. The molecule has 0 aliphatic carbocycles. The number of aromatic nitrogens is 2. The fourth-order valence-corrected chi connectivity index (χ4v) is 2.28. The number of aliphatic hydroxyl groups excluding tert-OH is 1. The van der Waals surface area contributed by atoms with Gasteiger partial charge in [0.2, 0.25) is 0 Å². The molecule has 0 saturated carbocycles. The number of nitrogens with two attached hydrogens (primary N) is 1. The Morgan fingerprint density at radius 2 is 2.41 bits per heavy atom. The van der Waals surface area contributed by atoms with Crippen molar-refractivity contribution >= 4 is 5.82 Å². The van der Waals surface area contributed by atoms with Gasteiger partial charge in [0.05, 0.1) is 9.30 Å². The average Bonchev–Trinajstić information content (AvgIpc) is 2.69. The minimum absolute atomic E-state index is 0.0975. The van der Waals surface area contributed by atoms with E-state index in [1.54, 1.807) is 0 Å². The van der Waals surface area contributed by atoms with Gasteiger partial charge >= 0.3 is 5.69 Å². The Bertz CT molecular complexity index is 757. The number of aliphatic hydroxyl groups is 3. The van der Waals surface area contributed by atoms with Crippen LogP contribution in [-0.4, -0.2) is 55.9 Å².